The number of nitrogens with one attached hydrogen (secondary N) is 1. The molecule has 1 saturated heterocycles. The van der Waals surface area contributed by atoms with Gasteiger partial charge >= 0.3 is 6.18 Å². The minimum atomic E-state index is -4.74. The van der Waals surface area contributed by atoms with Gasteiger partial charge in [-0.15, -0.1) is 0 Å². The van der Waals surface area contributed by atoms with Crippen molar-refractivity contribution in [3.8, 4) is 17.3 Å². The van der Waals surface area contributed by atoms with Gasteiger partial charge < -0.3 is 9.88 Å². The van der Waals surface area contributed by atoms with Crippen molar-refractivity contribution in [2.24, 2.45) is 0 Å². The highest BCUT2D eigenvalue weighted by Gasteiger charge is 2.49. The van der Waals surface area contributed by atoms with Gasteiger partial charge in [0, 0.05) is 63.1 Å². The summed E-state index contributed by atoms with van der Waals surface area (Å²) >= 11 is 0. The van der Waals surface area contributed by atoms with Crippen LogP contribution in [0, 0.1) is 11.3 Å². The van der Waals surface area contributed by atoms with Crippen molar-refractivity contribution in [2.75, 3.05) is 26.2 Å². The SMILES string of the molecule is [2H][C@]1(N2CCN(C(=O)c3ccnc(C(F)(F)F)n3)CC2)C[C@@](CC#N)(n2cc(-c3ncnc4[nH]ccc34)cn2)C1. The van der Waals surface area contributed by atoms with E-state index >= 15 is 0 Å². The lowest BCUT2D eigenvalue weighted by Crippen LogP contribution is -2.60. The molecule has 2 aliphatic rings. The van der Waals surface area contributed by atoms with Gasteiger partial charge in [-0.3, -0.25) is 14.4 Å². The van der Waals surface area contributed by atoms with Crippen LogP contribution >= 0.6 is 0 Å². The van der Waals surface area contributed by atoms with Crippen LogP contribution in [0.25, 0.3) is 22.3 Å². The van der Waals surface area contributed by atoms with Gasteiger partial charge in [-0.1, -0.05) is 0 Å². The van der Waals surface area contributed by atoms with E-state index in [1.807, 2.05) is 17.2 Å². The maximum atomic E-state index is 13.0. The number of alkyl halides is 3. The highest BCUT2D eigenvalue weighted by Crippen LogP contribution is 2.45. The number of hydrogen-bond acceptors (Lipinski definition) is 8. The highest BCUT2D eigenvalue weighted by atomic mass is 19.4. The Kier molecular flexibility index (Phi) is 5.73. The van der Waals surface area contributed by atoms with E-state index in [1.165, 1.54) is 17.3 Å². The van der Waals surface area contributed by atoms with Crippen molar-refractivity contribution in [3.05, 3.63) is 54.8 Å². The molecule has 6 rings (SSSR count). The maximum absolute atomic E-state index is 13.0. The number of fused-ring (bicyclic) bond motifs is 1. The Morgan fingerprint density at radius 1 is 1.21 bits per heavy atom. The number of amides is 1. The van der Waals surface area contributed by atoms with E-state index in [4.69, 9.17) is 1.37 Å². The number of halogens is 3. The van der Waals surface area contributed by atoms with E-state index < -0.39 is 29.5 Å². The zero-order chi connectivity index (χ0) is 28.1. The van der Waals surface area contributed by atoms with E-state index in [9.17, 15) is 23.2 Å². The highest BCUT2D eigenvalue weighted by molar-refractivity contribution is 5.92. The van der Waals surface area contributed by atoms with Crippen molar-refractivity contribution >= 4 is 16.9 Å². The van der Waals surface area contributed by atoms with Gasteiger partial charge in [-0.2, -0.15) is 23.5 Å². The zero-order valence-corrected chi connectivity index (χ0v) is 20.6. The molecule has 14 heteroatoms. The summed E-state index contributed by atoms with van der Waals surface area (Å²) < 4.78 is 49.8. The number of nitrogens with zero attached hydrogens (tertiary/aromatic N) is 9. The first kappa shape index (κ1) is 23.7. The van der Waals surface area contributed by atoms with E-state index in [2.05, 4.69) is 36.1 Å². The minimum absolute atomic E-state index is 0.172. The van der Waals surface area contributed by atoms with Gasteiger partial charge in [0.2, 0.25) is 5.82 Å². The average molecular weight is 538 g/mol. The second-order valence-electron chi connectivity index (χ2n) is 9.66. The van der Waals surface area contributed by atoms with E-state index in [1.54, 1.807) is 17.1 Å². The van der Waals surface area contributed by atoms with Crippen LogP contribution in [0.1, 0.15) is 36.9 Å². The Balaban J connectivity index is 1.14. The van der Waals surface area contributed by atoms with Crippen LogP contribution in [-0.4, -0.2) is 82.6 Å². The molecule has 0 unspecified atom stereocenters. The molecule has 39 heavy (non-hydrogen) atoms. The summed E-state index contributed by atoms with van der Waals surface area (Å²) in [6.07, 6.45) is 3.85. The molecule has 5 heterocycles. The summed E-state index contributed by atoms with van der Waals surface area (Å²) in [6, 6.07) is 4.32. The first-order chi connectivity index (χ1) is 19.1. The van der Waals surface area contributed by atoms with Crippen molar-refractivity contribution in [3.63, 3.8) is 0 Å². The second-order valence-corrected chi connectivity index (χ2v) is 9.66. The molecule has 0 atom stereocenters. The number of carbonyl (C=O) groups is 1. The van der Waals surface area contributed by atoms with Crippen LogP contribution in [0.2, 0.25) is 0 Å². The molecule has 0 bridgehead atoms. The lowest BCUT2D eigenvalue weighted by atomic mass is 9.70. The third-order valence-electron chi connectivity index (χ3n) is 7.31. The summed E-state index contributed by atoms with van der Waals surface area (Å²) in [7, 11) is 0. The molecule has 0 radical (unpaired) electrons. The van der Waals surface area contributed by atoms with Gasteiger partial charge in [-0.25, -0.2) is 19.9 Å². The van der Waals surface area contributed by atoms with Gasteiger partial charge in [-0.05, 0) is 25.0 Å². The topological polar surface area (TPSA) is 133 Å². The molecule has 1 N–H and O–H groups in total. The summed E-state index contributed by atoms with van der Waals surface area (Å²) in [5.74, 6) is -1.96. The van der Waals surface area contributed by atoms with Gasteiger partial charge in [0.1, 0.15) is 17.7 Å². The Morgan fingerprint density at radius 2 is 2.00 bits per heavy atom. The first-order valence-corrected chi connectivity index (χ1v) is 12.3. The van der Waals surface area contributed by atoms with Crippen LogP contribution in [-0.2, 0) is 11.7 Å². The lowest BCUT2D eigenvalue weighted by molar-refractivity contribution is -0.145. The quantitative estimate of drug-likeness (QED) is 0.411. The number of aromatic amines is 1. The van der Waals surface area contributed by atoms with Gasteiger partial charge in [0.15, 0.2) is 0 Å². The molecule has 1 amide bonds. The normalized spacial score (nSPS) is 24.3. The Morgan fingerprint density at radius 3 is 2.74 bits per heavy atom. The van der Waals surface area contributed by atoms with Crippen LogP contribution in [0.5, 0.6) is 0 Å². The molecule has 4 aromatic rings. The number of aromatic nitrogens is 7. The predicted molar refractivity (Wildman–Crippen MR) is 131 cm³/mol. The zero-order valence-electron chi connectivity index (χ0n) is 21.6. The first-order valence-electron chi connectivity index (χ1n) is 12.8. The molecule has 11 nitrogen and oxygen atoms in total. The maximum Gasteiger partial charge on any atom is 0.451 e. The van der Waals surface area contributed by atoms with Crippen LogP contribution in [0.15, 0.2) is 43.2 Å². The van der Waals surface area contributed by atoms with E-state index in [-0.39, 0.29) is 25.2 Å². The predicted octanol–water partition coefficient (Wildman–Crippen LogP) is 2.86. The standard InChI is InChI=1S/C25H23F3N10O/c26-25(27,28)23-31-6-2-19(35-23)22(39)37-9-7-36(8-10-37)17-11-24(12-17,3-4-29)38-14-16(13-34-38)20-18-1-5-30-21(18)33-15-32-20/h1-2,5-6,13-15,17H,3,7-12H2,(H,30,32,33)/t17-,24+/i17D. The number of nitriles is 1. The second kappa shape index (κ2) is 9.42. The van der Waals surface area contributed by atoms with Crippen LogP contribution < -0.4 is 0 Å². The Labute approximate surface area is 221 Å². The third kappa shape index (κ3) is 4.48. The Bertz CT molecular complexity index is 1610. The smallest absolute Gasteiger partial charge is 0.346 e. The number of H-pyrrole nitrogens is 1. The van der Waals surface area contributed by atoms with Gasteiger partial charge in [0.25, 0.3) is 5.91 Å². The largest absolute Gasteiger partial charge is 0.451 e. The summed E-state index contributed by atoms with van der Waals surface area (Å²) in [4.78, 5) is 34.5. The van der Waals surface area contributed by atoms with E-state index in [0.717, 1.165) is 17.1 Å². The summed E-state index contributed by atoms with van der Waals surface area (Å²) in [5, 5.41) is 15.0. The fourth-order valence-corrected chi connectivity index (χ4v) is 5.26. The monoisotopic (exact) mass is 537 g/mol. The van der Waals surface area contributed by atoms with Crippen molar-refractivity contribution < 1.29 is 19.3 Å². The number of hydrogen-bond donors (Lipinski definition) is 1. The fraction of sp³-hybridized carbons (Fsp3) is 0.400. The minimum Gasteiger partial charge on any atom is -0.346 e. The Hall–Kier alpha value is -4.38. The lowest BCUT2D eigenvalue weighted by Gasteiger charge is -2.52. The molecule has 200 valence electrons. The molecule has 1 aliphatic heterocycles. The molecule has 0 spiro atoms. The van der Waals surface area contributed by atoms with Crippen LogP contribution in [0.3, 0.4) is 0 Å². The van der Waals surface area contributed by atoms with Crippen LogP contribution in [0.4, 0.5) is 13.2 Å². The molecule has 1 saturated carbocycles. The molecular weight excluding hydrogens is 513 g/mol. The van der Waals surface area contributed by atoms with Crippen molar-refractivity contribution in [1.82, 2.24) is 44.5 Å². The fourth-order valence-electron chi connectivity index (χ4n) is 5.26. The van der Waals surface area contributed by atoms with Gasteiger partial charge in [0.05, 0.1) is 29.9 Å². The number of carbonyl (C=O) groups excluding carboxylic acids is 1. The molecule has 0 aromatic carbocycles. The summed E-state index contributed by atoms with van der Waals surface area (Å²) in [6.45, 7) is 1.21. The van der Waals surface area contributed by atoms with Crippen molar-refractivity contribution in [2.45, 2.75) is 37.0 Å². The molecule has 2 fully saturated rings. The number of rotatable bonds is 5. The van der Waals surface area contributed by atoms with E-state index in [0.29, 0.717) is 37.3 Å². The summed E-state index contributed by atoms with van der Waals surface area (Å²) in [5.41, 5.74) is 1.21. The molecule has 4 aromatic heterocycles. The number of piperazine rings is 1. The third-order valence-corrected chi connectivity index (χ3v) is 7.31. The average Bonchev–Trinajstić information content (AvgIpc) is 3.62. The molecular formula is C25H23F3N10O. The van der Waals surface area contributed by atoms with Crippen molar-refractivity contribution in [1.29, 1.82) is 5.26 Å². The molecule has 1 aliphatic carbocycles.